The highest BCUT2D eigenvalue weighted by molar-refractivity contribution is 6.09. The number of ether oxygens (including phenoxy) is 1. The first-order chi connectivity index (χ1) is 15.5. The molecule has 0 aliphatic rings. The molecule has 0 aliphatic carbocycles. The van der Waals surface area contributed by atoms with Crippen molar-refractivity contribution >= 4 is 16.8 Å². The number of hydrogen-bond acceptors (Lipinski definition) is 3. The van der Waals surface area contributed by atoms with Crippen molar-refractivity contribution in [1.29, 1.82) is 0 Å². The maximum absolute atomic E-state index is 14.0. The van der Waals surface area contributed by atoms with E-state index < -0.39 is 0 Å². The lowest BCUT2D eigenvalue weighted by Gasteiger charge is -2.17. The number of phenolic OH excluding ortho intramolecular Hbond substituents is 1. The molecule has 3 N–H and O–H groups in total. The van der Waals surface area contributed by atoms with E-state index in [9.17, 15) is 14.3 Å². The van der Waals surface area contributed by atoms with Crippen LogP contribution in [0.2, 0.25) is 0 Å². The van der Waals surface area contributed by atoms with Crippen molar-refractivity contribution in [2.75, 3.05) is 7.11 Å². The molecule has 164 valence electrons. The summed E-state index contributed by atoms with van der Waals surface area (Å²) in [6.45, 7) is 2.29. The lowest BCUT2D eigenvalue weighted by Crippen LogP contribution is -2.34. The van der Waals surface area contributed by atoms with Crippen molar-refractivity contribution in [2.24, 2.45) is 0 Å². The Morgan fingerprint density at radius 3 is 2.62 bits per heavy atom. The average Bonchev–Trinajstić information content (AvgIpc) is 3.15. The molecule has 6 heteroatoms. The van der Waals surface area contributed by atoms with Crippen LogP contribution in [-0.2, 0) is 17.8 Å². The molecule has 3 aromatic carbocycles. The maximum atomic E-state index is 14.0. The Bertz CT molecular complexity index is 1250. The van der Waals surface area contributed by atoms with Crippen molar-refractivity contribution in [3.8, 4) is 16.9 Å². The number of halogens is 1. The molecule has 1 amide bonds. The van der Waals surface area contributed by atoms with E-state index in [0.717, 1.165) is 16.7 Å². The predicted molar refractivity (Wildman–Crippen MR) is 123 cm³/mol. The van der Waals surface area contributed by atoms with Crippen LogP contribution in [0, 0.1) is 5.82 Å². The highest BCUT2D eigenvalue weighted by Gasteiger charge is 2.21. The number of carbonyl (C=O) groups is 1. The number of aromatic nitrogens is 1. The number of carbonyl (C=O) groups excluding carboxylic acids is 1. The van der Waals surface area contributed by atoms with Crippen LogP contribution in [0.25, 0.3) is 22.0 Å². The number of H-pyrrole nitrogens is 1. The zero-order valence-electron chi connectivity index (χ0n) is 18.0. The molecule has 0 radical (unpaired) electrons. The van der Waals surface area contributed by atoms with E-state index in [1.54, 1.807) is 25.3 Å². The van der Waals surface area contributed by atoms with Crippen molar-refractivity contribution in [3.63, 3.8) is 0 Å². The highest BCUT2D eigenvalue weighted by Crippen LogP contribution is 2.33. The van der Waals surface area contributed by atoms with E-state index in [0.29, 0.717) is 35.2 Å². The van der Waals surface area contributed by atoms with Gasteiger partial charge in [-0.25, -0.2) is 4.39 Å². The fourth-order valence-corrected chi connectivity index (χ4v) is 4.02. The molecule has 0 fully saturated rings. The Morgan fingerprint density at radius 1 is 1.09 bits per heavy atom. The van der Waals surface area contributed by atoms with Gasteiger partial charge in [0.05, 0.1) is 6.61 Å². The third-order valence-corrected chi connectivity index (χ3v) is 5.44. The minimum absolute atomic E-state index is 0.176. The minimum Gasteiger partial charge on any atom is -0.508 e. The first-order valence-electron chi connectivity index (χ1n) is 10.4. The van der Waals surface area contributed by atoms with Gasteiger partial charge in [-0.15, -0.1) is 0 Å². The Hall–Kier alpha value is -3.64. The number of hydrogen-bond donors (Lipinski definition) is 3. The minimum atomic E-state index is -0.355. The summed E-state index contributed by atoms with van der Waals surface area (Å²) in [5.74, 6) is -0.442. The quantitative estimate of drug-likeness (QED) is 0.376. The van der Waals surface area contributed by atoms with Crippen LogP contribution < -0.4 is 5.32 Å². The van der Waals surface area contributed by atoms with Gasteiger partial charge in [-0.05, 0) is 60.4 Å². The molecule has 0 saturated heterocycles. The predicted octanol–water partition coefficient (Wildman–Crippen LogP) is 5.19. The van der Waals surface area contributed by atoms with Crippen LogP contribution in [-0.4, -0.2) is 29.1 Å². The molecule has 0 spiro atoms. The van der Waals surface area contributed by atoms with Crippen LogP contribution in [0.3, 0.4) is 0 Å². The number of aromatic amines is 1. The Morgan fingerprint density at radius 2 is 1.88 bits per heavy atom. The third-order valence-electron chi connectivity index (χ3n) is 5.44. The number of fused-ring (bicyclic) bond motifs is 1. The van der Waals surface area contributed by atoms with E-state index in [1.807, 2.05) is 43.3 Å². The number of amides is 1. The summed E-state index contributed by atoms with van der Waals surface area (Å²) >= 11 is 0. The Balaban J connectivity index is 1.63. The van der Waals surface area contributed by atoms with Crippen LogP contribution in [0.4, 0.5) is 4.39 Å². The number of aromatic hydroxyl groups is 1. The first-order valence-corrected chi connectivity index (χ1v) is 10.4. The summed E-state index contributed by atoms with van der Waals surface area (Å²) in [7, 11) is 1.60. The fourth-order valence-electron chi connectivity index (χ4n) is 4.02. The number of benzene rings is 3. The fraction of sp³-hybridized carbons (Fsp3) is 0.192. The van der Waals surface area contributed by atoms with Gasteiger partial charge in [-0.2, -0.15) is 0 Å². The molecule has 1 atom stereocenters. The van der Waals surface area contributed by atoms with Crippen molar-refractivity contribution in [2.45, 2.75) is 26.0 Å². The van der Waals surface area contributed by atoms with Gasteiger partial charge in [-0.1, -0.05) is 36.4 Å². The number of rotatable bonds is 7. The maximum Gasteiger partial charge on any atom is 0.268 e. The van der Waals surface area contributed by atoms with Crippen LogP contribution in [0.15, 0.2) is 66.7 Å². The molecule has 0 saturated carbocycles. The van der Waals surface area contributed by atoms with Gasteiger partial charge in [0.25, 0.3) is 5.91 Å². The molecule has 0 unspecified atom stereocenters. The zero-order chi connectivity index (χ0) is 22.7. The normalized spacial score (nSPS) is 12.1. The monoisotopic (exact) mass is 432 g/mol. The smallest absolute Gasteiger partial charge is 0.268 e. The summed E-state index contributed by atoms with van der Waals surface area (Å²) in [5.41, 5.74) is 4.46. The number of methoxy groups -OCH3 is 1. The summed E-state index contributed by atoms with van der Waals surface area (Å²) in [6, 6.07) is 18.9. The summed E-state index contributed by atoms with van der Waals surface area (Å²) < 4.78 is 19.2. The molecule has 1 aromatic heterocycles. The number of nitrogens with one attached hydrogen (secondary N) is 2. The van der Waals surface area contributed by atoms with Crippen molar-refractivity contribution in [1.82, 2.24) is 10.3 Å². The Kier molecular flexibility index (Phi) is 6.23. The molecule has 4 rings (SSSR count). The molecule has 5 nitrogen and oxygen atoms in total. The molecule has 4 aromatic rings. The van der Waals surface area contributed by atoms with Gasteiger partial charge in [-0.3, -0.25) is 4.79 Å². The SMILES string of the molecule is COCc1cc(O)ccc1C[C@H](C)NC(=O)c1[nH]c2ccc(F)cc2c1-c1ccccc1. The van der Waals surface area contributed by atoms with Crippen LogP contribution in [0.1, 0.15) is 28.5 Å². The standard InChI is InChI=1S/C26H25FN2O3/c1-16(12-18-8-10-21(30)13-19(18)15-32-2)28-26(31)25-24(17-6-4-3-5-7-17)22-14-20(27)9-11-23(22)29-25/h3-11,13-14,16,29-30H,12,15H2,1-2H3,(H,28,31)/t16-/m0/s1. The molecule has 0 aliphatic heterocycles. The lowest BCUT2D eigenvalue weighted by molar-refractivity contribution is 0.0936. The second-order valence-electron chi connectivity index (χ2n) is 7.90. The molecule has 0 bridgehead atoms. The van der Waals surface area contributed by atoms with Crippen LogP contribution >= 0.6 is 0 Å². The molecular weight excluding hydrogens is 407 g/mol. The van der Waals surface area contributed by atoms with Gasteiger partial charge >= 0.3 is 0 Å². The third kappa shape index (κ3) is 4.50. The lowest BCUT2D eigenvalue weighted by atomic mass is 9.99. The van der Waals surface area contributed by atoms with E-state index in [-0.39, 0.29) is 23.5 Å². The second kappa shape index (κ2) is 9.24. The van der Waals surface area contributed by atoms with Gasteiger partial charge < -0.3 is 20.1 Å². The van der Waals surface area contributed by atoms with Gasteiger partial charge in [0.1, 0.15) is 17.3 Å². The average molecular weight is 432 g/mol. The summed E-state index contributed by atoms with van der Waals surface area (Å²) in [4.78, 5) is 16.4. The molecule has 1 heterocycles. The van der Waals surface area contributed by atoms with Gasteiger partial charge in [0.2, 0.25) is 0 Å². The number of phenols is 1. The van der Waals surface area contributed by atoms with E-state index in [2.05, 4.69) is 10.3 Å². The largest absolute Gasteiger partial charge is 0.508 e. The van der Waals surface area contributed by atoms with E-state index in [4.69, 9.17) is 4.74 Å². The highest BCUT2D eigenvalue weighted by atomic mass is 19.1. The topological polar surface area (TPSA) is 74.3 Å². The van der Waals surface area contributed by atoms with Crippen molar-refractivity contribution in [3.05, 3.63) is 89.4 Å². The Labute approximate surface area is 185 Å². The molecule has 32 heavy (non-hydrogen) atoms. The van der Waals surface area contributed by atoms with Gasteiger partial charge in [0.15, 0.2) is 0 Å². The first kappa shape index (κ1) is 21.6. The second-order valence-corrected chi connectivity index (χ2v) is 7.90. The summed E-state index contributed by atoms with van der Waals surface area (Å²) in [5, 5.41) is 13.5. The van der Waals surface area contributed by atoms with Crippen LogP contribution in [0.5, 0.6) is 5.75 Å². The van der Waals surface area contributed by atoms with Gasteiger partial charge in [0, 0.05) is 29.6 Å². The van der Waals surface area contributed by atoms with E-state index >= 15 is 0 Å². The van der Waals surface area contributed by atoms with Crippen molar-refractivity contribution < 1.29 is 19.0 Å². The van der Waals surface area contributed by atoms with E-state index in [1.165, 1.54) is 12.1 Å². The summed E-state index contributed by atoms with van der Waals surface area (Å²) in [6.07, 6.45) is 0.570. The molecular formula is C26H25FN2O3. The zero-order valence-corrected chi connectivity index (χ0v) is 18.0.